The van der Waals surface area contributed by atoms with Crippen molar-refractivity contribution in [3.05, 3.63) is 35.9 Å². The average molecular weight is 322 g/mol. The third-order valence-corrected chi connectivity index (χ3v) is 3.17. The average Bonchev–Trinajstić information content (AvgIpc) is 3.08. The summed E-state index contributed by atoms with van der Waals surface area (Å²) in [5.41, 5.74) is 1.18. The van der Waals surface area contributed by atoms with E-state index < -0.39 is 5.97 Å². The molecule has 0 spiro atoms. The molecule has 0 bridgehead atoms. The highest BCUT2D eigenvalue weighted by molar-refractivity contribution is 6.28. The van der Waals surface area contributed by atoms with Gasteiger partial charge in [-0.1, -0.05) is 0 Å². The van der Waals surface area contributed by atoms with Gasteiger partial charge in [0, 0.05) is 19.2 Å². The number of anilines is 1. The molecule has 0 saturated carbocycles. The quantitative estimate of drug-likeness (QED) is 0.667. The molecule has 22 heavy (non-hydrogen) atoms. The lowest BCUT2D eigenvalue weighted by Crippen LogP contribution is -2.12. The van der Waals surface area contributed by atoms with E-state index in [9.17, 15) is 4.79 Å². The van der Waals surface area contributed by atoms with Crippen LogP contribution in [-0.2, 0) is 17.8 Å². The molecule has 0 fully saturated rings. The Kier molecular flexibility index (Phi) is 3.92. The highest BCUT2D eigenvalue weighted by atomic mass is 35.5. The Hall–Kier alpha value is -2.61. The van der Waals surface area contributed by atoms with E-state index in [2.05, 4.69) is 20.3 Å². The molecule has 3 rings (SSSR count). The molecule has 0 aliphatic rings. The SMILES string of the molecule is O=C(O)Cn1ccc2nc(Cl)nc(NCCc3ncco3)c21. The first-order valence-corrected chi connectivity index (χ1v) is 6.87. The fraction of sp³-hybridized carbons (Fsp3) is 0.231. The monoisotopic (exact) mass is 321 g/mol. The molecule has 3 heterocycles. The summed E-state index contributed by atoms with van der Waals surface area (Å²) in [5.74, 6) is 0.135. The third kappa shape index (κ3) is 3.01. The summed E-state index contributed by atoms with van der Waals surface area (Å²) in [6, 6.07) is 1.70. The Bertz CT molecular complexity index is 799. The van der Waals surface area contributed by atoms with Crippen molar-refractivity contribution in [2.45, 2.75) is 13.0 Å². The van der Waals surface area contributed by atoms with Gasteiger partial charge >= 0.3 is 5.97 Å². The zero-order chi connectivity index (χ0) is 15.5. The fourth-order valence-corrected chi connectivity index (χ4v) is 2.32. The number of aliphatic carboxylic acids is 1. The first kappa shape index (κ1) is 14.3. The van der Waals surface area contributed by atoms with Crippen LogP contribution in [0.1, 0.15) is 5.89 Å². The third-order valence-electron chi connectivity index (χ3n) is 3.00. The zero-order valence-electron chi connectivity index (χ0n) is 11.4. The fourth-order valence-electron chi connectivity index (χ4n) is 2.14. The summed E-state index contributed by atoms with van der Waals surface area (Å²) in [6.07, 6.45) is 5.29. The van der Waals surface area contributed by atoms with Gasteiger partial charge in [-0.3, -0.25) is 4.79 Å². The second-order valence-electron chi connectivity index (χ2n) is 4.52. The van der Waals surface area contributed by atoms with Gasteiger partial charge < -0.3 is 19.4 Å². The second kappa shape index (κ2) is 6.02. The summed E-state index contributed by atoms with van der Waals surface area (Å²) in [7, 11) is 0. The lowest BCUT2D eigenvalue weighted by molar-refractivity contribution is -0.137. The van der Waals surface area contributed by atoms with Gasteiger partial charge in [0.1, 0.15) is 18.3 Å². The first-order chi connectivity index (χ1) is 10.6. The van der Waals surface area contributed by atoms with Crippen LogP contribution in [0, 0.1) is 0 Å². The lowest BCUT2D eigenvalue weighted by Gasteiger charge is -2.09. The van der Waals surface area contributed by atoms with Crippen molar-refractivity contribution in [1.29, 1.82) is 0 Å². The summed E-state index contributed by atoms with van der Waals surface area (Å²) in [4.78, 5) is 23.2. The Balaban J connectivity index is 1.86. The van der Waals surface area contributed by atoms with Gasteiger partial charge in [-0.05, 0) is 17.7 Å². The van der Waals surface area contributed by atoms with E-state index in [1.807, 2.05) is 0 Å². The van der Waals surface area contributed by atoms with Crippen molar-refractivity contribution in [2.75, 3.05) is 11.9 Å². The Labute approximate surface area is 129 Å². The Morgan fingerprint density at radius 3 is 3.05 bits per heavy atom. The van der Waals surface area contributed by atoms with E-state index in [-0.39, 0.29) is 11.8 Å². The van der Waals surface area contributed by atoms with Crippen LogP contribution >= 0.6 is 11.6 Å². The molecule has 0 unspecified atom stereocenters. The number of carboxylic acids is 1. The van der Waals surface area contributed by atoms with Crippen LogP contribution in [0.5, 0.6) is 0 Å². The van der Waals surface area contributed by atoms with Gasteiger partial charge in [-0.2, -0.15) is 4.98 Å². The molecule has 114 valence electrons. The molecule has 0 aliphatic heterocycles. The molecular formula is C13H12ClN5O3. The normalized spacial score (nSPS) is 11.0. The number of oxazole rings is 1. The smallest absolute Gasteiger partial charge is 0.323 e. The molecule has 0 amide bonds. The minimum atomic E-state index is -0.946. The first-order valence-electron chi connectivity index (χ1n) is 6.50. The van der Waals surface area contributed by atoms with Crippen molar-refractivity contribution < 1.29 is 14.3 Å². The minimum absolute atomic E-state index is 0.0965. The largest absolute Gasteiger partial charge is 0.480 e. The van der Waals surface area contributed by atoms with Crippen molar-refractivity contribution in [2.24, 2.45) is 0 Å². The van der Waals surface area contributed by atoms with Gasteiger partial charge in [-0.25, -0.2) is 9.97 Å². The maximum atomic E-state index is 10.9. The predicted octanol–water partition coefficient (Wildman–Crippen LogP) is 1.81. The zero-order valence-corrected chi connectivity index (χ0v) is 12.1. The molecule has 3 aromatic heterocycles. The van der Waals surface area contributed by atoms with Crippen LogP contribution in [0.4, 0.5) is 5.82 Å². The number of rotatable bonds is 6. The van der Waals surface area contributed by atoms with Crippen LogP contribution < -0.4 is 5.32 Å². The van der Waals surface area contributed by atoms with Crippen LogP contribution in [0.3, 0.4) is 0 Å². The molecule has 2 N–H and O–H groups in total. The molecule has 9 heteroatoms. The molecule has 0 saturated heterocycles. The van der Waals surface area contributed by atoms with Crippen molar-refractivity contribution in [3.8, 4) is 0 Å². The topological polar surface area (TPSA) is 106 Å². The van der Waals surface area contributed by atoms with Crippen LogP contribution in [0.25, 0.3) is 11.0 Å². The molecule has 0 aromatic carbocycles. The van der Waals surface area contributed by atoms with Gasteiger partial charge in [0.25, 0.3) is 0 Å². The minimum Gasteiger partial charge on any atom is -0.480 e. The Morgan fingerprint density at radius 1 is 1.45 bits per heavy atom. The van der Waals surface area contributed by atoms with Gasteiger partial charge in [0.15, 0.2) is 11.7 Å². The van der Waals surface area contributed by atoms with E-state index in [0.717, 1.165) is 0 Å². The Morgan fingerprint density at radius 2 is 2.32 bits per heavy atom. The van der Waals surface area contributed by atoms with E-state index >= 15 is 0 Å². The highest BCUT2D eigenvalue weighted by Crippen LogP contribution is 2.23. The van der Waals surface area contributed by atoms with Crippen molar-refractivity contribution in [3.63, 3.8) is 0 Å². The summed E-state index contributed by atoms with van der Waals surface area (Å²) >= 11 is 5.90. The second-order valence-corrected chi connectivity index (χ2v) is 4.85. The van der Waals surface area contributed by atoms with Gasteiger partial charge in [0.05, 0.1) is 11.7 Å². The molecular weight excluding hydrogens is 310 g/mol. The number of carbonyl (C=O) groups is 1. The molecule has 0 atom stereocenters. The maximum absolute atomic E-state index is 10.9. The summed E-state index contributed by atoms with van der Waals surface area (Å²) in [5, 5.41) is 12.2. The van der Waals surface area contributed by atoms with Crippen LogP contribution in [-0.4, -0.2) is 37.1 Å². The van der Waals surface area contributed by atoms with Crippen LogP contribution in [0.2, 0.25) is 5.28 Å². The molecule has 0 radical (unpaired) electrons. The number of nitrogens with zero attached hydrogens (tertiary/aromatic N) is 4. The van der Waals surface area contributed by atoms with E-state index in [1.54, 1.807) is 23.0 Å². The lowest BCUT2D eigenvalue weighted by atomic mass is 10.4. The van der Waals surface area contributed by atoms with Gasteiger partial charge in [0.2, 0.25) is 5.28 Å². The number of nitrogens with one attached hydrogen (secondary N) is 1. The molecule has 0 aliphatic carbocycles. The van der Waals surface area contributed by atoms with Crippen molar-refractivity contribution in [1.82, 2.24) is 19.5 Å². The number of aromatic nitrogens is 4. The number of carboxylic acid groups (broad SMARTS) is 1. The van der Waals surface area contributed by atoms with Crippen molar-refractivity contribution >= 4 is 34.4 Å². The number of hydrogen-bond acceptors (Lipinski definition) is 6. The standard InChI is InChI=1S/C13H12ClN5O3/c14-13-17-8-2-5-19(7-10(20)21)11(8)12(18-13)16-3-1-9-15-4-6-22-9/h2,4-6H,1,3,7H2,(H,20,21)(H,16,17,18). The number of halogens is 1. The summed E-state index contributed by atoms with van der Waals surface area (Å²) in [6.45, 7) is 0.337. The van der Waals surface area contributed by atoms with Crippen LogP contribution in [0.15, 0.2) is 29.1 Å². The number of hydrogen-bond donors (Lipinski definition) is 2. The van der Waals surface area contributed by atoms with E-state index in [0.29, 0.717) is 35.7 Å². The number of fused-ring (bicyclic) bond motifs is 1. The van der Waals surface area contributed by atoms with E-state index in [1.165, 1.54) is 6.26 Å². The van der Waals surface area contributed by atoms with Gasteiger partial charge in [-0.15, -0.1) is 0 Å². The highest BCUT2D eigenvalue weighted by Gasteiger charge is 2.13. The molecule has 3 aromatic rings. The summed E-state index contributed by atoms with van der Waals surface area (Å²) < 4.78 is 6.71. The van der Waals surface area contributed by atoms with E-state index in [4.69, 9.17) is 21.1 Å². The maximum Gasteiger partial charge on any atom is 0.323 e. The molecule has 8 nitrogen and oxygen atoms in total. The predicted molar refractivity (Wildman–Crippen MR) is 78.9 cm³/mol.